The normalized spacial score (nSPS) is 16.1. The predicted molar refractivity (Wildman–Crippen MR) is 62.4 cm³/mol. The van der Waals surface area contributed by atoms with E-state index in [9.17, 15) is 27.6 Å². The molecule has 0 aromatic rings. The van der Waals surface area contributed by atoms with Crippen LogP contribution in [0, 0.1) is 5.92 Å². The number of rotatable bonds is 4. The molecule has 120 valence electrons. The zero-order valence-corrected chi connectivity index (χ0v) is 11.2. The number of ether oxygens (including phenoxy) is 1. The minimum Gasteiger partial charge on any atom is -0.458 e. The first kappa shape index (κ1) is 17.3. The SMILES string of the molecule is O=C(CCOC(=O)C(F)(F)F)ONC(=O)C1CCCCC1. The van der Waals surface area contributed by atoms with Gasteiger partial charge in [-0.25, -0.2) is 9.59 Å². The molecule has 0 bridgehead atoms. The maximum atomic E-state index is 11.8. The molecule has 1 aliphatic rings. The molecule has 0 aromatic carbocycles. The van der Waals surface area contributed by atoms with E-state index in [0.29, 0.717) is 12.8 Å². The Hall–Kier alpha value is -1.80. The lowest BCUT2D eigenvalue weighted by molar-refractivity contribution is -0.200. The highest BCUT2D eigenvalue weighted by Crippen LogP contribution is 2.23. The molecule has 0 spiro atoms. The van der Waals surface area contributed by atoms with Crippen LogP contribution in [0.1, 0.15) is 38.5 Å². The quantitative estimate of drug-likeness (QED) is 0.630. The summed E-state index contributed by atoms with van der Waals surface area (Å²) in [4.78, 5) is 37.5. The number of hydrogen-bond donors (Lipinski definition) is 1. The van der Waals surface area contributed by atoms with Crippen LogP contribution in [0.5, 0.6) is 0 Å². The minimum absolute atomic E-state index is 0.213. The van der Waals surface area contributed by atoms with Gasteiger partial charge in [-0.1, -0.05) is 19.3 Å². The molecule has 1 aliphatic carbocycles. The Morgan fingerprint density at radius 2 is 1.71 bits per heavy atom. The number of hydroxylamine groups is 1. The zero-order valence-electron chi connectivity index (χ0n) is 11.2. The fraction of sp³-hybridized carbons (Fsp3) is 0.750. The summed E-state index contributed by atoms with van der Waals surface area (Å²) in [5, 5.41) is 0. The molecule has 0 heterocycles. The Morgan fingerprint density at radius 3 is 2.29 bits per heavy atom. The van der Waals surface area contributed by atoms with Crippen molar-refractivity contribution in [2.24, 2.45) is 5.92 Å². The average Bonchev–Trinajstić information content (AvgIpc) is 2.44. The van der Waals surface area contributed by atoms with Gasteiger partial charge in [0.1, 0.15) is 6.61 Å². The summed E-state index contributed by atoms with van der Waals surface area (Å²) in [5.41, 5.74) is 1.97. The van der Waals surface area contributed by atoms with Crippen LogP contribution in [0.15, 0.2) is 0 Å². The lowest BCUT2D eigenvalue weighted by Gasteiger charge is -2.20. The maximum Gasteiger partial charge on any atom is 0.490 e. The van der Waals surface area contributed by atoms with Crippen molar-refractivity contribution in [1.82, 2.24) is 5.48 Å². The van der Waals surface area contributed by atoms with Crippen molar-refractivity contribution in [3.8, 4) is 0 Å². The molecule has 1 N–H and O–H groups in total. The summed E-state index contributed by atoms with van der Waals surface area (Å²) in [6.45, 7) is -0.767. The number of carbonyl (C=O) groups excluding carboxylic acids is 3. The van der Waals surface area contributed by atoms with Crippen molar-refractivity contribution in [3.63, 3.8) is 0 Å². The van der Waals surface area contributed by atoms with Crippen LogP contribution in [-0.4, -0.2) is 30.6 Å². The van der Waals surface area contributed by atoms with E-state index in [4.69, 9.17) is 0 Å². The summed E-state index contributed by atoms with van der Waals surface area (Å²) < 4.78 is 39.2. The summed E-state index contributed by atoms with van der Waals surface area (Å²) in [6, 6.07) is 0. The van der Waals surface area contributed by atoms with E-state index in [0.717, 1.165) is 19.3 Å². The lowest BCUT2D eigenvalue weighted by atomic mass is 9.89. The molecule has 0 radical (unpaired) electrons. The number of amides is 1. The van der Waals surface area contributed by atoms with Crippen LogP contribution < -0.4 is 5.48 Å². The number of esters is 1. The van der Waals surface area contributed by atoms with Gasteiger partial charge in [-0.05, 0) is 12.8 Å². The summed E-state index contributed by atoms with van der Waals surface area (Å²) in [7, 11) is 0. The second-order valence-corrected chi connectivity index (χ2v) is 4.66. The topological polar surface area (TPSA) is 81.7 Å². The second kappa shape index (κ2) is 7.84. The first-order valence-corrected chi connectivity index (χ1v) is 6.54. The molecule has 0 unspecified atom stereocenters. The van der Waals surface area contributed by atoms with Gasteiger partial charge < -0.3 is 9.57 Å². The minimum atomic E-state index is -5.10. The number of alkyl halides is 3. The number of nitrogens with one attached hydrogen (secondary N) is 1. The largest absolute Gasteiger partial charge is 0.490 e. The van der Waals surface area contributed by atoms with E-state index < -0.39 is 37.0 Å². The fourth-order valence-electron chi connectivity index (χ4n) is 1.92. The molecule has 0 atom stereocenters. The van der Waals surface area contributed by atoms with Gasteiger partial charge in [0.05, 0.1) is 6.42 Å². The summed E-state index contributed by atoms with van der Waals surface area (Å²) >= 11 is 0. The third kappa shape index (κ3) is 6.46. The smallest absolute Gasteiger partial charge is 0.458 e. The van der Waals surface area contributed by atoms with Gasteiger partial charge in [-0.15, -0.1) is 0 Å². The first-order valence-electron chi connectivity index (χ1n) is 6.54. The molecular weight excluding hydrogens is 295 g/mol. The van der Waals surface area contributed by atoms with Crippen molar-refractivity contribution < 1.29 is 37.1 Å². The molecule has 0 saturated heterocycles. The third-order valence-electron chi connectivity index (χ3n) is 3.01. The molecule has 21 heavy (non-hydrogen) atoms. The van der Waals surface area contributed by atoms with Crippen LogP contribution in [0.2, 0.25) is 0 Å². The lowest BCUT2D eigenvalue weighted by Crippen LogP contribution is -2.34. The number of carbonyl (C=O) groups is 3. The van der Waals surface area contributed by atoms with Gasteiger partial charge in [0, 0.05) is 5.92 Å². The van der Waals surface area contributed by atoms with Crippen molar-refractivity contribution in [2.45, 2.75) is 44.7 Å². The van der Waals surface area contributed by atoms with Crippen molar-refractivity contribution in [1.29, 1.82) is 0 Å². The Bertz CT molecular complexity index is 391. The summed E-state index contributed by atoms with van der Waals surface area (Å²) in [6.07, 6.45) is -1.32. The van der Waals surface area contributed by atoms with Gasteiger partial charge >= 0.3 is 18.1 Å². The third-order valence-corrected chi connectivity index (χ3v) is 3.01. The van der Waals surface area contributed by atoms with E-state index in [1.54, 1.807) is 0 Å². The molecule has 1 saturated carbocycles. The fourth-order valence-corrected chi connectivity index (χ4v) is 1.92. The first-order chi connectivity index (χ1) is 9.80. The van der Waals surface area contributed by atoms with Crippen LogP contribution in [0.4, 0.5) is 13.2 Å². The molecule has 0 aliphatic heterocycles. The Labute approximate surface area is 118 Å². The number of hydrogen-bond acceptors (Lipinski definition) is 5. The van der Waals surface area contributed by atoms with Gasteiger partial charge in [0.25, 0.3) is 5.91 Å². The highest BCUT2D eigenvalue weighted by atomic mass is 19.4. The standard InChI is InChI=1S/C12H16F3NO5/c13-12(14,15)11(19)20-7-6-9(17)21-16-10(18)8-4-2-1-3-5-8/h8H,1-7H2,(H,16,18). The molecule has 1 fully saturated rings. The van der Waals surface area contributed by atoms with Crippen molar-refractivity contribution in [3.05, 3.63) is 0 Å². The van der Waals surface area contributed by atoms with E-state index >= 15 is 0 Å². The van der Waals surface area contributed by atoms with Crippen LogP contribution in [0.25, 0.3) is 0 Å². The Morgan fingerprint density at radius 1 is 1.10 bits per heavy atom. The molecule has 0 aromatic heterocycles. The van der Waals surface area contributed by atoms with Crippen molar-refractivity contribution in [2.75, 3.05) is 6.61 Å². The average molecular weight is 311 g/mol. The van der Waals surface area contributed by atoms with E-state index in [1.807, 2.05) is 5.48 Å². The Kier molecular flexibility index (Phi) is 6.44. The van der Waals surface area contributed by atoms with E-state index in [2.05, 4.69) is 9.57 Å². The second-order valence-electron chi connectivity index (χ2n) is 4.66. The van der Waals surface area contributed by atoms with Gasteiger partial charge in [-0.3, -0.25) is 4.79 Å². The van der Waals surface area contributed by atoms with Crippen LogP contribution in [-0.2, 0) is 24.0 Å². The maximum absolute atomic E-state index is 11.8. The predicted octanol–water partition coefficient (Wildman–Crippen LogP) is 1.64. The Balaban J connectivity index is 2.16. The summed E-state index contributed by atoms with van der Waals surface area (Å²) in [5.74, 6) is -3.99. The van der Waals surface area contributed by atoms with Crippen LogP contribution >= 0.6 is 0 Å². The van der Waals surface area contributed by atoms with Crippen molar-refractivity contribution >= 4 is 17.8 Å². The molecule has 1 amide bonds. The van der Waals surface area contributed by atoms with Gasteiger partial charge in [-0.2, -0.15) is 18.7 Å². The highest BCUT2D eigenvalue weighted by Gasteiger charge is 2.40. The molecule has 1 rings (SSSR count). The van der Waals surface area contributed by atoms with Gasteiger partial charge in [0.15, 0.2) is 0 Å². The highest BCUT2D eigenvalue weighted by molar-refractivity contribution is 5.80. The molecular formula is C12H16F3NO5. The number of halogens is 3. The zero-order chi connectivity index (χ0) is 15.9. The monoisotopic (exact) mass is 311 g/mol. The van der Waals surface area contributed by atoms with E-state index in [-0.39, 0.29) is 5.92 Å². The van der Waals surface area contributed by atoms with E-state index in [1.165, 1.54) is 0 Å². The van der Waals surface area contributed by atoms with Crippen LogP contribution in [0.3, 0.4) is 0 Å². The van der Waals surface area contributed by atoms with Gasteiger partial charge in [0.2, 0.25) is 0 Å². The molecule has 9 heteroatoms. The molecule has 6 nitrogen and oxygen atoms in total.